The van der Waals surface area contributed by atoms with Crippen molar-refractivity contribution in [2.75, 3.05) is 12.4 Å². The Morgan fingerprint density at radius 2 is 2.09 bits per heavy atom. The molecule has 2 nitrogen and oxygen atoms in total. The number of benzene rings is 1. The van der Waals surface area contributed by atoms with Gasteiger partial charge in [-0.25, -0.2) is 0 Å². The molecule has 4 heteroatoms. The van der Waals surface area contributed by atoms with Crippen LogP contribution in [0.15, 0.2) is 58.0 Å². The van der Waals surface area contributed by atoms with Crippen LogP contribution in [0.5, 0.6) is 0 Å². The Kier molecular flexibility index (Phi) is 7.53. The average molecular weight is 339 g/mol. The fourth-order valence-corrected chi connectivity index (χ4v) is 3.70. The first-order valence-electron chi connectivity index (χ1n) is 7.72. The molecule has 0 bridgehead atoms. The number of rotatable bonds is 8. The van der Waals surface area contributed by atoms with E-state index in [9.17, 15) is 5.11 Å². The SMILES string of the molecule is CCOC(O)C(CSc1ccccc1)CC1=C(Cl)CCC=C1. The zero-order chi connectivity index (χ0) is 15.8. The molecule has 0 radical (unpaired) electrons. The van der Waals surface area contributed by atoms with Crippen LogP contribution in [-0.4, -0.2) is 23.8 Å². The second-order valence-electron chi connectivity index (χ2n) is 5.31. The zero-order valence-electron chi connectivity index (χ0n) is 12.9. The first-order chi connectivity index (χ1) is 10.7. The molecular formula is C18H23ClO2S. The average Bonchev–Trinajstić information content (AvgIpc) is 2.54. The monoisotopic (exact) mass is 338 g/mol. The van der Waals surface area contributed by atoms with Crippen molar-refractivity contribution in [3.8, 4) is 0 Å². The fraction of sp³-hybridized carbons (Fsp3) is 0.444. The molecule has 0 saturated heterocycles. The number of aliphatic hydroxyl groups excluding tert-OH is 1. The summed E-state index contributed by atoms with van der Waals surface area (Å²) in [7, 11) is 0. The van der Waals surface area contributed by atoms with Crippen LogP contribution in [0.1, 0.15) is 26.2 Å². The molecule has 0 saturated carbocycles. The Bertz CT molecular complexity index is 513. The van der Waals surface area contributed by atoms with E-state index in [1.807, 2.05) is 25.1 Å². The van der Waals surface area contributed by atoms with Crippen LogP contribution >= 0.6 is 23.4 Å². The molecule has 0 heterocycles. The van der Waals surface area contributed by atoms with E-state index in [-0.39, 0.29) is 5.92 Å². The van der Waals surface area contributed by atoms with Gasteiger partial charge in [-0.1, -0.05) is 42.0 Å². The molecule has 0 amide bonds. The zero-order valence-corrected chi connectivity index (χ0v) is 14.4. The van der Waals surface area contributed by atoms with Crippen LogP contribution in [0.4, 0.5) is 0 Å². The number of thioether (sulfide) groups is 1. The number of halogens is 1. The van der Waals surface area contributed by atoms with Crippen molar-refractivity contribution < 1.29 is 9.84 Å². The summed E-state index contributed by atoms with van der Waals surface area (Å²) in [5.41, 5.74) is 1.13. The third-order valence-electron chi connectivity index (χ3n) is 3.63. The molecular weight excluding hydrogens is 316 g/mol. The second kappa shape index (κ2) is 9.41. The van der Waals surface area contributed by atoms with Gasteiger partial charge in [0, 0.05) is 28.2 Å². The van der Waals surface area contributed by atoms with E-state index in [0.29, 0.717) is 6.61 Å². The molecule has 2 rings (SSSR count). The Labute approximate surface area is 142 Å². The predicted octanol–water partition coefficient (Wildman–Crippen LogP) is 4.98. The number of ether oxygens (including phenoxy) is 1. The van der Waals surface area contributed by atoms with Gasteiger partial charge < -0.3 is 9.84 Å². The quantitative estimate of drug-likeness (QED) is 0.535. The van der Waals surface area contributed by atoms with E-state index in [2.05, 4.69) is 24.3 Å². The minimum absolute atomic E-state index is 0.0247. The van der Waals surface area contributed by atoms with Crippen molar-refractivity contribution in [2.45, 2.75) is 37.4 Å². The van der Waals surface area contributed by atoms with Gasteiger partial charge in [0.05, 0.1) is 0 Å². The summed E-state index contributed by atoms with van der Waals surface area (Å²) in [5, 5.41) is 11.2. The standard InChI is InChI=1S/C18H23ClO2S/c1-2-21-18(20)15(12-14-8-6-7-11-17(14)19)13-22-16-9-4-3-5-10-16/h3-6,8-10,15,18,20H,2,7,11-13H2,1H3. The smallest absolute Gasteiger partial charge is 0.158 e. The van der Waals surface area contributed by atoms with Crippen LogP contribution < -0.4 is 0 Å². The first kappa shape index (κ1) is 17.6. The number of hydrogen-bond acceptors (Lipinski definition) is 3. The highest BCUT2D eigenvalue weighted by Gasteiger charge is 2.22. The lowest BCUT2D eigenvalue weighted by atomic mass is 9.96. The van der Waals surface area contributed by atoms with Crippen molar-refractivity contribution in [1.29, 1.82) is 0 Å². The van der Waals surface area contributed by atoms with E-state index in [1.54, 1.807) is 11.8 Å². The summed E-state index contributed by atoms with van der Waals surface area (Å²) in [6, 6.07) is 10.2. The molecule has 1 aromatic carbocycles. The van der Waals surface area contributed by atoms with Crippen molar-refractivity contribution in [2.24, 2.45) is 5.92 Å². The first-order valence-corrected chi connectivity index (χ1v) is 9.08. The minimum atomic E-state index is -0.756. The van der Waals surface area contributed by atoms with Crippen LogP contribution in [0.25, 0.3) is 0 Å². The molecule has 2 atom stereocenters. The molecule has 2 unspecified atom stereocenters. The summed E-state index contributed by atoms with van der Waals surface area (Å²) in [4.78, 5) is 1.20. The van der Waals surface area contributed by atoms with Gasteiger partial charge in [-0.05, 0) is 43.9 Å². The van der Waals surface area contributed by atoms with E-state index < -0.39 is 6.29 Å². The lowest BCUT2D eigenvalue weighted by Crippen LogP contribution is -2.26. The predicted molar refractivity (Wildman–Crippen MR) is 94.2 cm³/mol. The maximum Gasteiger partial charge on any atom is 0.158 e. The molecule has 1 N–H and O–H groups in total. The van der Waals surface area contributed by atoms with Crippen molar-refractivity contribution >= 4 is 23.4 Å². The van der Waals surface area contributed by atoms with E-state index in [1.165, 1.54) is 4.90 Å². The van der Waals surface area contributed by atoms with Crippen LogP contribution in [-0.2, 0) is 4.74 Å². The van der Waals surface area contributed by atoms with Gasteiger partial charge in [-0.3, -0.25) is 0 Å². The fourth-order valence-electron chi connectivity index (χ4n) is 2.42. The normalized spacial score (nSPS) is 17.6. The highest BCUT2D eigenvalue weighted by molar-refractivity contribution is 7.99. The minimum Gasteiger partial charge on any atom is -0.368 e. The summed E-state index contributed by atoms with van der Waals surface area (Å²) in [6.45, 7) is 2.41. The summed E-state index contributed by atoms with van der Waals surface area (Å²) < 4.78 is 5.42. The topological polar surface area (TPSA) is 29.5 Å². The van der Waals surface area contributed by atoms with E-state index in [0.717, 1.165) is 35.6 Å². The largest absolute Gasteiger partial charge is 0.368 e. The summed E-state index contributed by atoms with van der Waals surface area (Å²) in [6.07, 6.45) is 6.13. The van der Waals surface area contributed by atoms with Crippen molar-refractivity contribution in [1.82, 2.24) is 0 Å². The van der Waals surface area contributed by atoms with Crippen LogP contribution in [0, 0.1) is 5.92 Å². The van der Waals surface area contributed by atoms with Gasteiger partial charge in [-0.2, -0.15) is 0 Å². The lowest BCUT2D eigenvalue weighted by Gasteiger charge is -2.24. The molecule has 0 aromatic heterocycles. The summed E-state index contributed by atoms with van der Waals surface area (Å²) in [5.74, 6) is 0.823. The van der Waals surface area contributed by atoms with Gasteiger partial charge in [0.15, 0.2) is 6.29 Å². The molecule has 1 aromatic rings. The molecule has 0 spiro atoms. The van der Waals surface area contributed by atoms with E-state index >= 15 is 0 Å². The van der Waals surface area contributed by atoms with E-state index in [4.69, 9.17) is 16.3 Å². The lowest BCUT2D eigenvalue weighted by molar-refractivity contribution is -0.124. The molecule has 0 fully saturated rings. The summed E-state index contributed by atoms with van der Waals surface area (Å²) >= 11 is 8.07. The Balaban J connectivity index is 2.01. The Hall–Kier alpha value is -0.740. The molecule has 0 aliphatic heterocycles. The second-order valence-corrected chi connectivity index (χ2v) is 6.86. The highest BCUT2D eigenvalue weighted by atomic mass is 35.5. The van der Waals surface area contributed by atoms with Gasteiger partial charge in [0.1, 0.15) is 0 Å². The molecule has 22 heavy (non-hydrogen) atoms. The third-order valence-corrected chi connectivity index (χ3v) is 5.26. The van der Waals surface area contributed by atoms with Gasteiger partial charge in [-0.15, -0.1) is 11.8 Å². The molecule has 1 aliphatic rings. The Morgan fingerprint density at radius 3 is 2.77 bits per heavy atom. The van der Waals surface area contributed by atoms with Crippen LogP contribution in [0.3, 0.4) is 0 Å². The number of allylic oxidation sites excluding steroid dienone is 4. The Morgan fingerprint density at radius 1 is 1.32 bits per heavy atom. The van der Waals surface area contributed by atoms with Crippen molar-refractivity contribution in [3.05, 3.63) is 53.1 Å². The van der Waals surface area contributed by atoms with Crippen LogP contribution in [0.2, 0.25) is 0 Å². The maximum atomic E-state index is 10.3. The highest BCUT2D eigenvalue weighted by Crippen LogP contribution is 2.31. The third kappa shape index (κ3) is 5.47. The van der Waals surface area contributed by atoms with Gasteiger partial charge >= 0.3 is 0 Å². The van der Waals surface area contributed by atoms with Gasteiger partial charge in [0.2, 0.25) is 0 Å². The molecule has 1 aliphatic carbocycles. The van der Waals surface area contributed by atoms with Gasteiger partial charge in [0.25, 0.3) is 0 Å². The number of aliphatic hydroxyl groups is 1. The molecule has 120 valence electrons. The maximum absolute atomic E-state index is 10.3. The number of hydrogen-bond donors (Lipinski definition) is 1. The van der Waals surface area contributed by atoms with Crippen molar-refractivity contribution in [3.63, 3.8) is 0 Å².